The maximum absolute atomic E-state index is 13.8. The number of nitrogens with one attached hydrogen (secondary N) is 1. The Bertz CT molecular complexity index is 731. The summed E-state index contributed by atoms with van der Waals surface area (Å²) in [6, 6.07) is 4.51. The highest BCUT2D eigenvalue weighted by Crippen LogP contribution is 2.29. The zero-order valence-corrected chi connectivity index (χ0v) is 13.9. The van der Waals surface area contributed by atoms with Crippen molar-refractivity contribution in [1.29, 1.82) is 0 Å². The number of carbonyl (C=O) groups excluding carboxylic acids is 1. The molecule has 1 aromatic heterocycles. The number of nitrogens with zero attached hydrogens (tertiary/aromatic N) is 3. The topological polar surface area (TPSA) is 71.1 Å². The number of hydrogen-bond donors (Lipinski definition) is 1. The van der Waals surface area contributed by atoms with Gasteiger partial charge < -0.3 is 9.64 Å². The van der Waals surface area contributed by atoms with Gasteiger partial charge in [0.2, 0.25) is 5.91 Å². The van der Waals surface area contributed by atoms with E-state index in [0.29, 0.717) is 17.9 Å². The molecule has 1 aromatic carbocycles. The second-order valence-electron chi connectivity index (χ2n) is 6.02. The molecular weight excluding hydrogens is 311 g/mol. The van der Waals surface area contributed by atoms with Crippen LogP contribution in [0.15, 0.2) is 18.2 Å². The number of aryl methyl sites for hydroxylation is 1. The number of benzene rings is 1. The van der Waals surface area contributed by atoms with Gasteiger partial charge in [-0.1, -0.05) is 6.07 Å². The number of piperidine rings is 1. The number of aromatic amines is 1. The van der Waals surface area contributed by atoms with Gasteiger partial charge in [-0.05, 0) is 43.9 Å². The predicted octanol–water partition coefficient (Wildman–Crippen LogP) is 2.56. The van der Waals surface area contributed by atoms with Gasteiger partial charge in [0.1, 0.15) is 5.82 Å². The molecule has 2 heterocycles. The van der Waals surface area contributed by atoms with Gasteiger partial charge in [-0.25, -0.2) is 9.37 Å². The number of hydrogen-bond acceptors (Lipinski definition) is 4. The average molecular weight is 332 g/mol. The van der Waals surface area contributed by atoms with Gasteiger partial charge in [0.25, 0.3) is 0 Å². The number of H-pyrrole nitrogens is 1. The van der Waals surface area contributed by atoms with Gasteiger partial charge in [-0.3, -0.25) is 9.89 Å². The van der Waals surface area contributed by atoms with E-state index in [1.54, 1.807) is 12.1 Å². The van der Waals surface area contributed by atoms with E-state index in [1.165, 1.54) is 13.2 Å². The summed E-state index contributed by atoms with van der Waals surface area (Å²) in [4.78, 5) is 18.9. The molecule has 1 atom stereocenters. The van der Waals surface area contributed by atoms with Crippen molar-refractivity contribution >= 4 is 5.91 Å². The fourth-order valence-electron chi connectivity index (χ4n) is 3.10. The van der Waals surface area contributed by atoms with E-state index >= 15 is 0 Å². The van der Waals surface area contributed by atoms with Gasteiger partial charge in [-0.2, -0.15) is 5.10 Å². The van der Waals surface area contributed by atoms with Crippen molar-refractivity contribution in [3.05, 3.63) is 41.2 Å². The largest absolute Gasteiger partial charge is 0.494 e. The van der Waals surface area contributed by atoms with E-state index < -0.39 is 5.82 Å². The number of aromatic nitrogens is 3. The van der Waals surface area contributed by atoms with Gasteiger partial charge >= 0.3 is 0 Å². The van der Waals surface area contributed by atoms with Crippen LogP contribution in [0.1, 0.15) is 42.5 Å². The molecule has 6 nitrogen and oxygen atoms in total. The van der Waals surface area contributed by atoms with Crippen LogP contribution in [0.25, 0.3) is 0 Å². The van der Waals surface area contributed by atoms with Crippen LogP contribution in [0, 0.1) is 12.7 Å². The molecule has 1 aliphatic rings. The molecule has 2 aromatic rings. The Kier molecular flexibility index (Phi) is 4.78. The van der Waals surface area contributed by atoms with E-state index in [4.69, 9.17) is 4.74 Å². The molecule has 0 spiro atoms. The molecule has 1 fully saturated rings. The highest BCUT2D eigenvalue weighted by molar-refractivity contribution is 5.79. The van der Waals surface area contributed by atoms with Gasteiger partial charge in [-0.15, -0.1) is 0 Å². The summed E-state index contributed by atoms with van der Waals surface area (Å²) < 4.78 is 18.7. The SMILES string of the molecule is COc1ccc(CC(=O)N2CCCC[C@H]2c2n[nH]c(C)n2)cc1F. The molecule has 128 valence electrons. The third-order valence-corrected chi connectivity index (χ3v) is 4.31. The lowest BCUT2D eigenvalue weighted by molar-refractivity contribution is -0.134. The maximum atomic E-state index is 13.8. The zero-order valence-electron chi connectivity index (χ0n) is 13.9. The summed E-state index contributed by atoms with van der Waals surface area (Å²) in [5.41, 5.74) is 0.633. The second-order valence-corrected chi connectivity index (χ2v) is 6.02. The number of methoxy groups -OCH3 is 1. The quantitative estimate of drug-likeness (QED) is 0.934. The molecule has 1 aliphatic heterocycles. The minimum Gasteiger partial charge on any atom is -0.494 e. The first kappa shape index (κ1) is 16.4. The van der Waals surface area contributed by atoms with Crippen molar-refractivity contribution in [1.82, 2.24) is 20.1 Å². The highest BCUT2D eigenvalue weighted by Gasteiger charge is 2.30. The maximum Gasteiger partial charge on any atom is 0.227 e. The van der Waals surface area contributed by atoms with Gasteiger partial charge in [0.15, 0.2) is 17.4 Å². The summed E-state index contributed by atoms with van der Waals surface area (Å²) in [5.74, 6) is 1.08. The molecule has 0 radical (unpaired) electrons. The van der Waals surface area contributed by atoms with E-state index in [1.807, 2.05) is 11.8 Å². The zero-order chi connectivity index (χ0) is 17.1. The molecule has 1 N–H and O–H groups in total. The van der Waals surface area contributed by atoms with Crippen LogP contribution in [0.4, 0.5) is 4.39 Å². The lowest BCUT2D eigenvalue weighted by atomic mass is 10.00. The van der Waals surface area contributed by atoms with Crippen LogP contribution in [-0.4, -0.2) is 39.6 Å². The number of carbonyl (C=O) groups is 1. The summed E-state index contributed by atoms with van der Waals surface area (Å²) in [6.07, 6.45) is 3.00. The van der Waals surface area contributed by atoms with Crippen LogP contribution in [0.5, 0.6) is 5.75 Å². The predicted molar refractivity (Wildman–Crippen MR) is 86.1 cm³/mol. The van der Waals surface area contributed by atoms with E-state index in [-0.39, 0.29) is 24.1 Å². The molecule has 7 heteroatoms. The molecule has 24 heavy (non-hydrogen) atoms. The van der Waals surface area contributed by atoms with Crippen LogP contribution in [0.2, 0.25) is 0 Å². The first-order valence-electron chi connectivity index (χ1n) is 8.09. The average Bonchev–Trinajstić information content (AvgIpc) is 3.01. The van der Waals surface area contributed by atoms with Crippen LogP contribution in [0.3, 0.4) is 0 Å². The smallest absolute Gasteiger partial charge is 0.227 e. The Morgan fingerprint density at radius 2 is 2.29 bits per heavy atom. The lowest BCUT2D eigenvalue weighted by Gasteiger charge is -2.34. The molecule has 1 amide bonds. The Hall–Kier alpha value is -2.44. The number of halogens is 1. The molecule has 3 rings (SSSR count). The molecule has 0 bridgehead atoms. The van der Waals surface area contributed by atoms with Crippen molar-refractivity contribution in [3.8, 4) is 5.75 Å². The van der Waals surface area contributed by atoms with E-state index in [9.17, 15) is 9.18 Å². The Labute approximate surface area is 140 Å². The summed E-state index contributed by atoms with van der Waals surface area (Å²) in [6.45, 7) is 2.52. The summed E-state index contributed by atoms with van der Waals surface area (Å²) in [5, 5.41) is 7.04. The van der Waals surface area contributed by atoms with Crippen molar-refractivity contribution in [2.24, 2.45) is 0 Å². The number of rotatable bonds is 4. The number of ether oxygens (including phenoxy) is 1. The minimum absolute atomic E-state index is 0.0354. The molecule has 0 aliphatic carbocycles. The Morgan fingerprint density at radius 1 is 1.46 bits per heavy atom. The molecule has 1 saturated heterocycles. The minimum atomic E-state index is -0.456. The third kappa shape index (κ3) is 3.39. The first-order chi connectivity index (χ1) is 11.6. The van der Waals surface area contributed by atoms with E-state index in [2.05, 4.69) is 15.2 Å². The molecular formula is C17H21FN4O2. The normalized spacial score (nSPS) is 17.8. The number of amides is 1. The summed E-state index contributed by atoms with van der Waals surface area (Å²) >= 11 is 0. The second kappa shape index (κ2) is 6.98. The van der Waals surface area contributed by atoms with Crippen molar-refractivity contribution in [2.45, 2.75) is 38.6 Å². The third-order valence-electron chi connectivity index (χ3n) is 4.31. The van der Waals surface area contributed by atoms with Crippen molar-refractivity contribution in [3.63, 3.8) is 0 Å². The summed E-state index contributed by atoms with van der Waals surface area (Å²) in [7, 11) is 1.42. The van der Waals surface area contributed by atoms with E-state index in [0.717, 1.165) is 25.1 Å². The lowest BCUT2D eigenvalue weighted by Crippen LogP contribution is -2.39. The van der Waals surface area contributed by atoms with Crippen LogP contribution >= 0.6 is 0 Å². The molecule has 0 unspecified atom stereocenters. The van der Waals surface area contributed by atoms with Crippen LogP contribution < -0.4 is 4.74 Å². The first-order valence-corrected chi connectivity index (χ1v) is 8.09. The van der Waals surface area contributed by atoms with Gasteiger partial charge in [0, 0.05) is 6.54 Å². The standard InChI is InChI=1S/C17H21FN4O2/c1-11-19-17(21-20-11)14-5-3-4-8-22(14)16(23)10-12-6-7-15(24-2)13(18)9-12/h6-7,9,14H,3-5,8,10H2,1-2H3,(H,19,20,21)/t14-/m0/s1. The molecule has 0 saturated carbocycles. The monoisotopic (exact) mass is 332 g/mol. The highest BCUT2D eigenvalue weighted by atomic mass is 19.1. The van der Waals surface area contributed by atoms with Gasteiger partial charge in [0.05, 0.1) is 19.6 Å². The fourth-order valence-corrected chi connectivity index (χ4v) is 3.10. The van der Waals surface area contributed by atoms with Crippen LogP contribution in [-0.2, 0) is 11.2 Å². The van der Waals surface area contributed by atoms with Crippen molar-refractivity contribution in [2.75, 3.05) is 13.7 Å². The Balaban J connectivity index is 1.75. The number of likely N-dealkylation sites (tertiary alicyclic amines) is 1. The van der Waals surface area contributed by atoms with Crippen molar-refractivity contribution < 1.29 is 13.9 Å². The Morgan fingerprint density at radius 3 is 2.96 bits per heavy atom. The fraction of sp³-hybridized carbons (Fsp3) is 0.471.